The minimum atomic E-state index is -0.170. The molecule has 3 aromatic rings. The number of halogens is 1. The second-order valence-electron chi connectivity index (χ2n) is 8.55. The zero-order valence-electron chi connectivity index (χ0n) is 16.8. The molecule has 1 fully saturated rings. The fourth-order valence-corrected chi connectivity index (χ4v) is 5.25. The molecule has 3 nitrogen and oxygen atoms in total. The zero-order valence-corrected chi connectivity index (χ0v) is 16.8. The molecule has 1 aromatic heterocycles. The summed E-state index contributed by atoms with van der Waals surface area (Å²) in [6, 6.07) is 11.6. The van der Waals surface area contributed by atoms with E-state index in [1.54, 1.807) is 6.07 Å². The van der Waals surface area contributed by atoms with Crippen LogP contribution in [0.1, 0.15) is 48.3 Å². The number of benzene rings is 2. The Hall–Kier alpha value is -2.33. The summed E-state index contributed by atoms with van der Waals surface area (Å²) in [4.78, 5) is 3.35. The lowest BCUT2D eigenvalue weighted by molar-refractivity contribution is 0.248. The number of fused-ring (bicyclic) bond motifs is 2. The predicted molar refractivity (Wildman–Crippen MR) is 115 cm³/mol. The van der Waals surface area contributed by atoms with Crippen LogP contribution < -0.4 is 10.1 Å². The Labute approximate surface area is 171 Å². The first-order chi connectivity index (χ1) is 14.3. The molecule has 1 unspecified atom stereocenters. The van der Waals surface area contributed by atoms with Gasteiger partial charge in [-0.15, -0.1) is 0 Å². The van der Waals surface area contributed by atoms with Gasteiger partial charge in [0.1, 0.15) is 11.6 Å². The molecule has 5 rings (SSSR count). The van der Waals surface area contributed by atoms with E-state index in [2.05, 4.69) is 34.7 Å². The molecule has 1 aliphatic carbocycles. The molecule has 0 bridgehead atoms. The van der Waals surface area contributed by atoms with Gasteiger partial charge >= 0.3 is 0 Å². The predicted octanol–water partition coefficient (Wildman–Crippen LogP) is 5.35. The second kappa shape index (κ2) is 8.19. The Bertz CT molecular complexity index is 990. The monoisotopic (exact) mass is 392 g/mol. The highest BCUT2D eigenvalue weighted by molar-refractivity contribution is 5.83. The van der Waals surface area contributed by atoms with Crippen molar-refractivity contribution in [3.8, 4) is 5.75 Å². The molecule has 29 heavy (non-hydrogen) atoms. The summed E-state index contributed by atoms with van der Waals surface area (Å²) in [7, 11) is 0. The van der Waals surface area contributed by atoms with Gasteiger partial charge in [0.05, 0.1) is 6.61 Å². The molecular weight excluding hydrogens is 363 g/mol. The number of hydrogen-bond donors (Lipinski definition) is 2. The fraction of sp³-hybridized carbons (Fsp3) is 0.440. The summed E-state index contributed by atoms with van der Waals surface area (Å²) in [6.45, 7) is 2.81. The highest BCUT2D eigenvalue weighted by Crippen LogP contribution is 2.38. The van der Waals surface area contributed by atoms with Crippen molar-refractivity contribution in [2.24, 2.45) is 5.92 Å². The van der Waals surface area contributed by atoms with E-state index in [0.717, 1.165) is 49.0 Å². The highest BCUT2D eigenvalue weighted by atomic mass is 19.1. The smallest absolute Gasteiger partial charge is 0.123 e. The van der Waals surface area contributed by atoms with Gasteiger partial charge in [0.2, 0.25) is 0 Å². The Morgan fingerprint density at radius 2 is 1.90 bits per heavy atom. The Balaban J connectivity index is 1.35. The van der Waals surface area contributed by atoms with Crippen molar-refractivity contribution < 1.29 is 9.13 Å². The quantitative estimate of drug-likeness (QED) is 0.593. The van der Waals surface area contributed by atoms with Crippen molar-refractivity contribution in [1.29, 1.82) is 0 Å². The molecule has 0 saturated carbocycles. The maximum Gasteiger partial charge on any atom is 0.123 e. The van der Waals surface area contributed by atoms with Crippen LogP contribution in [0.3, 0.4) is 0 Å². The lowest BCUT2D eigenvalue weighted by Gasteiger charge is -2.31. The number of H-pyrrole nitrogens is 1. The third-order valence-electron chi connectivity index (χ3n) is 6.80. The van der Waals surface area contributed by atoms with Crippen LogP contribution in [0.5, 0.6) is 5.75 Å². The number of rotatable bonds is 6. The molecule has 152 valence electrons. The molecule has 1 aliphatic heterocycles. The van der Waals surface area contributed by atoms with Crippen LogP contribution in [0.4, 0.5) is 4.39 Å². The van der Waals surface area contributed by atoms with Crippen molar-refractivity contribution >= 4 is 10.9 Å². The molecule has 1 saturated heterocycles. The van der Waals surface area contributed by atoms with E-state index in [1.807, 2.05) is 6.07 Å². The molecule has 0 amide bonds. The van der Waals surface area contributed by atoms with Crippen LogP contribution in [0, 0.1) is 11.7 Å². The van der Waals surface area contributed by atoms with Crippen molar-refractivity contribution in [3.05, 3.63) is 65.1 Å². The highest BCUT2D eigenvalue weighted by Gasteiger charge is 2.27. The molecule has 2 aromatic carbocycles. The van der Waals surface area contributed by atoms with Crippen LogP contribution in [0.15, 0.2) is 42.6 Å². The molecular formula is C25H29FN2O. The minimum absolute atomic E-state index is 0.170. The van der Waals surface area contributed by atoms with Crippen LogP contribution in [0.25, 0.3) is 10.9 Å². The van der Waals surface area contributed by atoms with E-state index in [1.165, 1.54) is 42.0 Å². The van der Waals surface area contributed by atoms with Gasteiger partial charge in [0, 0.05) is 17.1 Å². The van der Waals surface area contributed by atoms with Crippen LogP contribution in [-0.2, 0) is 12.8 Å². The maximum absolute atomic E-state index is 13.9. The Morgan fingerprint density at radius 1 is 1.03 bits per heavy atom. The first-order valence-corrected chi connectivity index (χ1v) is 11.0. The maximum atomic E-state index is 13.9. The van der Waals surface area contributed by atoms with E-state index in [-0.39, 0.29) is 5.82 Å². The van der Waals surface area contributed by atoms with Gasteiger partial charge in [-0.3, -0.25) is 0 Å². The van der Waals surface area contributed by atoms with Gasteiger partial charge in [-0.05, 0) is 110 Å². The number of hydrogen-bond acceptors (Lipinski definition) is 2. The van der Waals surface area contributed by atoms with E-state index in [4.69, 9.17) is 4.74 Å². The SMILES string of the molecule is Fc1ccc2[nH]cc(C(CCOc3ccc4c(c3)CCC4)C3CCNCC3)c2c1. The lowest BCUT2D eigenvalue weighted by Crippen LogP contribution is -2.31. The molecule has 2 aliphatic rings. The largest absolute Gasteiger partial charge is 0.494 e. The Kier molecular flexibility index (Phi) is 5.28. The fourth-order valence-electron chi connectivity index (χ4n) is 5.25. The molecule has 0 radical (unpaired) electrons. The normalized spacial score (nSPS) is 18.1. The average Bonchev–Trinajstić information content (AvgIpc) is 3.38. The lowest BCUT2D eigenvalue weighted by atomic mass is 9.78. The number of aromatic nitrogens is 1. The third-order valence-corrected chi connectivity index (χ3v) is 6.80. The van der Waals surface area contributed by atoms with E-state index in [0.29, 0.717) is 18.4 Å². The summed E-state index contributed by atoms with van der Waals surface area (Å²) >= 11 is 0. The van der Waals surface area contributed by atoms with Gasteiger partial charge in [0.25, 0.3) is 0 Å². The van der Waals surface area contributed by atoms with Crippen molar-refractivity contribution in [2.75, 3.05) is 19.7 Å². The standard InChI is InChI=1S/C25H29FN2O/c26-20-5-7-25-23(15-20)24(16-28-25)22(18-8-11-27-12-9-18)10-13-29-21-6-4-17-2-1-3-19(17)14-21/h4-7,14-16,18,22,27-28H,1-3,8-13H2. The first-order valence-electron chi connectivity index (χ1n) is 11.0. The summed E-state index contributed by atoms with van der Waals surface area (Å²) in [6.07, 6.45) is 8.98. The molecule has 4 heteroatoms. The van der Waals surface area contributed by atoms with Gasteiger partial charge in [-0.2, -0.15) is 0 Å². The summed E-state index contributed by atoms with van der Waals surface area (Å²) < 4.78 is 20.1. The van der Waals surface area contributed by atoms with Gasteiger partial charge in [-0.25, -0.2) is 4.39 Å². The van der Waals surface area contributed by atoms with Gasteiger partial charge in [0.15, 0.2) is 0 Å². The number of nitrogens with one attached hydrogen (secondary N) is 2. The first kappa shape index (κ1) is 18.7. The van der Waals surface area contributed by atoms with Crippen LogP contribution in [-0.4, -0.2) is 24.7 Å². The molecule has 2 N–H and O–H groups in total. The van der Waals surface area contributed by atoms with E-state index in [9.17, 15) is 4.39 Å². The molecule has 0 spiro atoms. The minimum Gasteiger partial charge on any atom is -0.494 e. The molecule has 2 heterocycles. The van der Waals surface area contributed by atoms with Crippen molar-refractivity contribution in [1.82, 2.24) is 10.3 Å². The van der Waals surface area contributed by atoms with Crippen LogP contribution in [0.2, 0.25) is 0 Å². The summed E-state index contributed by atoms with van der Waals surface area (Å²) in [5.74, 6) is 1.79. The number of ether oxygens (including phenoxy) is 1. The van der Waals surface area contributed by atoms with Gasteiger partial charge < -0.3 is 15.0 Å². The molecule has 1 atom stereocenters. The van der Waals surface area contributed by atoms with Crippen molar-refractivity contribution in [3.63, 3.8) is 0 Å². The number of aryl methyl sites for hydroxylation is 2. The van der Waals surface area contributed by atoms with Gasteiger partial charge in [-0.1, -0.05) is 6.07 Å². The topological polar surface area (TPSA) is 37.0 Å². The van der Waals surface area contributed by atoms with E-state index < -0.39 is 0 Å². The zero-order chi connectivity index (χ0) is 19.6. The van der Waals surface area contributed by atoms with Crippen LogP contribution >= 0.6 is 0 Å². The third kappa shape index (κ3) is 3.91. The Morgan fingerprint density at radius 3 is 2.79 bits per heavy atom. The van der Waals surface area contributed by atoms with E-state index >= 15 is 0 Å². The number of piperidine rings is 1. The second-order valence-corrected chi connectivity index (χ2v) is 8.55. The summed E-state index contributed by atoms with van der Waals surface area (Å²) in [5.41, 5.74) is 5.18. The summed E-state index contributed by atoms with van der Waals surface area (Å²) in [5, 5.41) is 4.49. The van der Waals surface area contributed by atoms with Crippen molar-refractivity contribution in [2.45, 2.75) is 44.4 Å². The average molecular weight is 393 g/mol. The number of aromatic amines is 1.